The van der Waals surface area contributed by atoms with Crippen molar-refractivity contribution in [1.29, 1.82) is 0 Å². The topological polar surface area (TPSA) is 66.4 Å². The molecule has 0 fully saturated rings. The molecule has 0 saturated heterocycles. The zero-order valence-corrected chi connectivity index (χ0v) is 8.69. The maximum absolute atomic E-state index is 9.45. The van der Waals surface area contributed by atoms with Crippen molar-refractivity contribution in [2.45, 2.75) is 6.92 Å². The van der Waals surface area contributed by atoms with Crippen molar-refractivity contribution >= 4 is 10.4 Å². The monoisotopic (exact) mass is 164 g/mol. The second-order valence-electron chi connectivity index (χ2n) is 0.815. The van der Waals surface area contributed by atoms with Gasteiger partial charge in [0.05, 0.1) is 6.61 Å². The molecule has 0 unspecified atom stereocenters. The van der Waals surface area contributed by atoms with Crippen LogP contribution in [-0.4, -0.2) is 19.6 Å². The minimum Gasteiger partial charge on any atom is -0.726 e. The fraction of sp³-hybridized carbons (Fsp3) is 1.00. The summed E-state index contributed by atoms with van der Waals surface area (Å²) < 4.78 is 32.0. The van der Waals surface area contributed by atoms with Gasteiger partial charge in [-0.25, -0.2) is 8.42 Å². The molecule has 0 bridgehead atoms. The third-order valence-electron chi connectivity index (χ3n) is 0.262. The van der Waals surface area contributed by atoms with E-state index < -0.39 is 10.4 Å². The van der Waals surface area contributed by atoms with E-state index in [1.165, 1.54) is 6.92 Å². The first-order valence-electron chi connectivity index (χ1n) is 1.66. The molecule has 0 aromatic heterocycles. The van der Waals surface area contributed by atoms with E-state index in [2.05, 4.69) is 4.18 Å². The molecule has 0 aromatic carbocycles. The van der Waals surface area contributed by atoms with E-state index in [0.29, 0.717) is 0 Å². The maximum Gasteiger partial charge on any atom is 1.00 e. The molecule has 44 valence electrons. The average Bonchev–Trinajstić information content (AvgIpc) is 1.30. The van der Waals surface area contributed by atoms with E-state index in [1.54, 1.807) is 0 Å². The molecule has 8 heavy (non-hydrogen) atoms. The van der Waals surface area contributed by atoms with Crippen LogP contribution in [-0.2, 0) is 14.6 Å². The molecule has 4 nitrogen and oxygen atoms in total. The first-order chi connectivity index (χ1) is 3.06. The van der Waals surface area contributed by atoms with Gasteiger partial charge in [-0.2, -0.15) is 0 Å². The van der Waals surface area contributed by atoms with Gasteiger partial charge in [0.1, 0.15) is 0 Å². The summed E-state index contributed by atoms with van der Waals surface area (Å²) in [7, 11) is -4.42. The van der Waals surface area contributed by atoms with Crippen LogP contribution in [0.2, 0.25) is 0 Å². The Kier molecular flexibility index (Phi) is 8.09. The third-order valence-corrected chi connectivity index (χ3v) is 0.787. The molecule has 0 rings (SSSR count). The predicted octanol–water partition coefficient (Wildman–Crippen LogP) is -3.51. The Morgan fingerprint density at radius 1 is 1.62 bits per heavy atom. The van der Waals surface area contributed by atoms with Gasteiger partial charge in [0.15, 0.2) is 0 Å². The van der Waals surface area contributed by atoms with Gasteiger partial charge in [0.2, 0.25) is 10.4 Å². The molecule has 0 aromatic rings. The first kappa shape index (κ1) is 12.2. The summed E-state index contributed by atoms with van der Waals surface area (Å²) in [6.07, 6.45) is 0. The van der Waals surface area contributed by atoms with Crippen LogP contribution in [0.5, 0.6) is 0 Å². The van der Waals surface area contributed by atoms with Crippen LogP contribution in [0.25, 0.3) is 0 Å². The predicted molar refractivity (Wildman–Crippen MR) is 21.3 cm³/mol. The molecule has 0 aliphatic rings. The summed E-state index contributed by atoms with van der Waals surface area (Å²) in [5, 5.41) is 0. The summed E-state index contributed by atoms with van der Waals surface area (Å²) in [6, 6.07) is 0. The summed E-state index contributed by atoms with van der Waals surface area (Å²) in [5.41, 5.74) is 0. The molecule has 0 aliphatic heterocycles. The van der Waals surface area contributed by atoms with Crippen molar-refractivity contribution in [3.63, 3.8) is 0 Å². The number of hydrogen-bond acceptors (Lipinski definition) is 4. The smallest absolute Gasteiger partial charge is 0.726 e. The van der Waals surface area contributed by atoms with Crippen LogP contribution in [0.3, 0.4) is 0 Å². The summed E-state index contributed by atoms with van der Waals surface area (Å²) in [5.74, 6) is 0. The minimum atomic E-state index is -4.42. The molecular formula is C2H5KO4S. The van der Waals surface area contributed by atoms with Crippen molar-refractivity contribution in [3.8, 4) is 0 Å². The maximum atomic E-state index is 9.45. The standard InChI is InChI=1S/C2H6O4S.K/c1-2-6-7(3,4)5;/h2H2,1H3,(H,3,4,5);/q;+1/p-1. The van der Waals surface area contributed by atoms with E-state index >= 15 is 0 Å². The largest absolute Gasteiger partial charge is 1.00 e. The third kappa shape index (κ3) is 10.5. The van der Waals surface area contributed by atoms with E-state index in [4.69, 9.17) is 0 Å². The Balaban J connectivity index is 0. The molecule has 0 saturated carbocycles. The van der Waals surface area contributed by atoms with Crippen LogP contribution >= 0.6 is 0 Å². The van der Waals surface area contributed by atoms with Crippen molar-refractivity contribution < 1.29 is 68.5 Å². The quantitative estimate of drug-likeness (QED) is 0.241. The van der Waals surface area contributed by atoms with Crippen molar-refractivity contribution in [2.24, 2.45) is 0 Å². The molecule has 0 radical (unpaired) electrons. The summed E-state index contributed by atoms with van der Waals surface area (Å²) in [4.78, 5) is 0. The first-order valence-corrected chi connectivity index (χ1v) is 3.00. The van der Waals surface area contributed by atoms with Gasteiger partial charge in [-0.3, -0.25) is 4.18 Å². The average molecular weight is 164 g/mol. The van der Waals surface area contributed by atoms with E-state index in [9.17, 15) is 13.0 Å². The fourth-order valence-corrected chi connectivity index (χ4v) is 0.433. The molecule has 0 amide bonds. The normalized spacial score (nSPS) is 10.2. The van der Waals surface area contributed by atoms with Crippen LogP contribution in [0.4, 0.5) is 0 Å². The van der Waals surface area contributed by atoms with Crippen LogP contribution in [0.1, 0.15) is 6.92 Å². The fourth-order valence-electron chi connectivity index (χ4n) is 0.144. The Morgan fingerprint density at radius 2 is 2.00 bits per heavy atom. The van der Waals surface area contributed by atoms with Gasteiger partial charge in [-0.05, 0) is 6.92 Å². The number of hydrogen-bond donors (Lipinski definition) is 0. The van der Waals surface area contributed by atoms with Crippen molar-refractivity contribution in [3.05, 3.63) is 0 Å². The van der Waals surface area contributed by atoms with Crippen LogP contribution in [0, 0.1) is 0 Å². The Bertz CT molecular complexity index is 127. The molecule has 0 aliphatic carbocycles. The second-order valence-corrected chi connectivity index (χ2v) is 1.87. The summed E-state index contributed by atoms with van der Waals surface area (Å²) >= 11 is 0. The zero-order chi connectivity index (χ0) is 5.91. The molecule has 0 N–H and O–H groups in total. The molecule has 0 atom stereocenters. The van der Waals surface area contributed by atoms with E-state index in [-0.39, 0.29) is 58.0 Å². The number of rotatable bonds is 2. The molecule has 0 heterocycles. The molecule has 0 spiro atoms. The van der Waals surface area contributed by atoms with Gasteiger partial charge in [-0.15, -0.1) is 0 Å². The second kappa shape index (κ2) is 5.30. The van der Waals surface area contributed by atoms with E-state index in [1.807, 2.05) is 0 Å². The SMILES string of the molecule is CCOS(=O)(=O)[O-].[K+]. The van der Waals surface area contributed by atoms with Crippen molar-refractivity contribution in [2.75, 3.05) is 6.61 Å². The van der Waals surface area contributed by atoms with Gasteiger partial charge in [0, 0.05) is 0 Å². The minimum absolute atomic E-state index is 0. The van der Waals surface area contributed by atoms with Gasteiger partial charge >= 0.3 is 51.4 Å². The van der Waals surface area contributed by atoms with Gasteiger partial charge in [0.25, 0.3) is 0 Å². The molecular weight excluding hydrogens is 159 g/mol. The Hall–Kier alpha value is 1.51. The molecule has 6 heteroatoms. The Labute approximate surface area is 91.0 Å². The van der Waals surface area contributed by atoms with E-state index in [0.717, 1.165) is 0 Å². The van der Waals surface area contributed by atoms with Gasteiger partial charge in [-0.1, -0.05) is 0 Å². The zero-order valence-electron chi connectivity index (χ0n) is 4.75. The van der Waals surface area contributed by atoms with Crippen molar-refractivity contribution in [1.82, 2.24) is 0 Å². The summed E-state index contributed by atoms with van der Waals surface area (Å²) in [6.45, 7) is 1.33. The van der Waals surface area contributed by atoms with Crippen LogP contribution in [0.15, 0.2) is 0 Å². The Morgan fingerprint density at radius 3 is 2.00 bits per heavy atom. The van der Waals surface area contributed by atoms with Crippen LogP contribution < -0.4 is 51.4 Å². The van der Waals surface area contributed by atoms with Gasteiger partial charge < -0.3 is 4.55 Å².